The molecule has 0 atom stereocenters. The maximum Gasteiger partial charge on any atom is 0.323 e. The molecule has 0 aromatic heterocycles. The van der Waals surface area contributed by atoms with Crippen LogP contribution in [0, 0.1) is 0 Å². The Labute approximate surface area is 116 Å². The van der Waals surface area contributed by atoms with Crippen molar-refractivity contribution in [1.29, 1.82) is 0 Å². The molecule has 0 unspecified atom stereocenters. The summed E-state index contributed by atoms with van der Waals surface area (Å²) in [7, 11) is 0. The van der Waals surface area contributed by atoms with E-state index in [1.807, 2.05) is 0 Å². The number of carboxylic acid groups (broad SMARTS) is 1. The van der Waals surface area contributed by atoms with Crippen molar-refractivity contribution in [3.8, 4) is 0 Å². The zero-order valence-electron chi connectivity index (χ0n) is 11.1. The van der Waals surface area contributed by atoms with Gasteiger partial charge in [-0.1, -0.05) is 18.2 Å². The highest BCUT2D eigenvalue weighted by Gasteiger charge is 2.17. The normalized spacial score (nSPS) is 9.65. The molecule has 0 aliphatic rings. The topological polar surface area (TPSA) is 98.7 Å². The van der Waals surface area contributed by atoms with E-state index in [9.17, 15) is 14.4 Å². The monoisotopic (exact) mass is 279 g/mol. The average Bonchev–Trinajstić information content (AvgIpc) is 2.41. The van der Waals surface area contributed by atoms with Gasteiger partial charge in [0.15, 0.2) is 0 Å². The fraction of sp³-hybridized carbons (Fsp3) is 0.308. The maximum absolute atomic E-state index is 12.0. The van der Waals surface area contributed by atoms with E-state index in [4.69, 9.17) is 5.11 Å². The standard InChI is InChI=1S/C13H17N3O4/c1-10(17)14-7-8-15-13(20)16(9-12(18)19)11-5-3-2-4-6-11/h2-6H,7-9H2,1H3,(H,14,17)(H,15,20)(H,18,19). The third kappa shape index (κ3) is 5.38. The highest BCUT2D eigenvalue weighted by molar-refractivity contribution is 5.96. The van der Waals surface area contributed by atoms with Gasteiger partial charge in [-0.3, -0.25) is 14.5 Å². The Kier molecular flexibility index (Phi) is 6.02. The Hall–Kier alpha value is -2.57. The number of anilines is 1. The molecule has 0 aliphatic heterocycles. The molecule has 7 heteroatoms. The predicted octanol–water partition coefficient (Wildman–Crippen LogP) is 0.423. The summed E-state index contributed by atoms with van der Waals surface area (Å²) < 4.78 is 0. The molecule has 0 aliphatic carbocycles. The van der Waals surface area contributed by atoms with Crippen molar-refractivity contribution in [2.24, 2.45) is 0 Å². The number of benzene rings is 1. The zero-order valence-corrected chi connectivity index (χ0v) is 11.1. The lowest BCUT2D eigenvalue weighted by molar-refractivity contribution is -0.135. The molecular weight excluding hydrogens is 262 g/mol. The van der Waals surface area contributed by atoms with E-state index in [1.54, 1.807) is 30.3 Å². The van der Waals surface area contributed by atoms with E-state index in [2.05, 4.69) is 10.6 Å². The van der Waals surface area contributed by atoms with Crippen molar-refractivity contribution in [3.05, 3.63) is 30.3 Å². The Balaban J connectivity index is 2.61. The van der Waals surface area contributed by atoms with Crippen molar-refractivity contribution in [3.63, 3.8) is 0 Å². The summed E-state index contributed by atoms with van der Waals surface area (Å²) >= 11 is 0. The maximum atomic E-state index is 12.0. The minimum absolute atomic E-state index is 0.190. The molecule has 0 fully saturated rings. The van der Waals surface area contributed by atoms with Gasteiger partial charge in [0.1, 0.15) is 6.54 Å². The van der Waals surface area contributed by atoms with Crippen LogP contribution in [0.3, 0.4) is 0 Å². The summed E-state index contributed by atoms with van der Waals surface area (Å²) in [6, 6.07) is 7.98. The third-order valence-corrected chi connectivity index (χ3v) is 2.38. The average molecular weight is 279 g/mol. The molecule has 0 radical (unpaired) electrons. The van der Waals surface area contributed by atoms with Crippen molar-refractivity contribution in [1.82, 2.24) is 10.6 Å². The second-order valence-corrected chi connectivity index (χ2v) is 4.03. The number of aliphatic carboxylic acids is 1. The van der Waals surface area contributed by atoms with E-state index in [-0.39, 0.29) is 19.0 Å². The Morgan fingerprint density at radius 3 is 2.25 bits per heavy atom. The molecule has 1 aromatic rings. The molecule has 0 heterocycles. The largest absolute Gasteiger partial charge is 0.480 e. The van der Waals surface area contributed by atoms with Crippen LogP contribution in [-0.4, -0.2) is 42.6 Å². The van der Waals surface area contributed by atoms with Crippen LogP contribution in [0.5, 0.6) is 0 Å². The minimum atomic E-state index is -1.11. The molecule has 0 saturated carbocycles. The summed E-state index contributed by atoms with van der Waals surface area (Å²) in [6.07, 6.45) is 0. The molecule has 0 bridgehead atoms. The van der Waals surface area contributed by atoms with Crippen LogP contribution in [0.4, 0.5) is 10.5 Å². The molecule has 3 N–H and O–H groups in total. The van der Waals surface area contributed by atoms with Crippen LogP contribution in [-0.2, 0) is 9.59 Å². The molecule has 3 amide bonds. The lowest BCUT2D eigenvalue weighted by atomic mass is 10.3. The van der Waals surface area contributed by atoms with Crippen LogP contribution in [0.1, 0.15) is 6.92 Å². The van der Waals surface area contributed by atoms with Gasteiger partial charge < -0.3 is 15.7 Å². The van der Waals surface area contributed by atoms with E-state index < -0.39 is 18.5 Å². The molecule has 7 nitrogen and oxygen atoms in total. The van der Waals surface area contributed by atoms with Gasteiger partial charge in [-0.15, -0.1) is 0 Å². The number of rotatable bonds is 6. The van der Waals surface area contributed by atoms with Gasteiger partial charge >= 0.3 is 12.0 Å². The van der Waals surface area contributed by atoms with Crippen molar-refractivity contribution >= 4 is 23.6 Å². The van der Waals surface area contributed by atoms with Crippen molar-refractivity contribution in [2.45, 2.75) is 6.92 Å². The van der Waals surface area contributed by atoms with Gasteiger partial charge in [-0.25, -0.2) is 4.79 Å². The summed E-state index contributed by atoms with van der Waals surface area (Å²) in [6.45, 7) is 1.46. The smallest absolute Gasteiger partial charge is 0.323 e. The van der Waals surface area contributed by atoms with Crippen LogP contribution in [0.2, 0.25) is 0 Å². The molecular formula is C13H17N3O4. The van der Waals surface area contributed by atoms with Crippen molar-refractivity contribution in [2.75, 3.05) is 24.5 Å². The van der Waals surface area contributed by atoms with Gasteiger partial charge in [-0.05, 0) is 12.1 Å². The Morgan fingerprint density at radius 2 is 1.70 bits per heavy atom. The van der Waals surface area contributed by atoms with Gasteiger partial charge in [0.05, 0.1) is 0 Å². The SMILES string of the molecule is CC(=O)NCCNC(=O)N(CC(=O)O)c1ccccc1. The first kappa shape index (κ1) is 15.5. The van der Waals surface area contributed by atoms with E-state index in [0.29, 0.717) is 5.69 Å². The van der Waals surface area contributed by atoms with E-state index in [1.165, 1.54) is 6.92 Å². The molecule has 0 spiro atoms. The number of carbonyl (C=O) groups excluding carboxylic acids is 2. The predicted molar refractivity (Wildman–Crippen MR) is 73.5 cm³/mol. The highest BCUT2D eigenvalue weighted by atomic mass is 16.4. The number of hydrogen-bond acceptors (Lipinski definition) is 3. The number of carbonyl (C=O) groups is 3. The molecule has 0 saturated heterocycles. The number of urea groups is 1. The fourth-order valence-electron chi connectivity index (χ4n) is 1.53. The highest BCUT2D eigenvalue weighted by Crippen LogP contribution is 2.12. The lowest BCUT2D eigenvalue weighted by Crippen LogP contribution is -2.45. The number of hydrogen-bond donors (Lipinski definition) is 3. The number of amides is 3. The van der Waals surface area contributed by atoms with Crippen molar-refractivity contribution < 1.29 is 19.5 Å². The molecule has 1 rings (SSSR count). The number of carboxylic acids is 1. The summed E-state index contributed by atoms with van der Waals surface area (Å²) in [5, 5.41) is 13.9. The van der Waals surface area contributed by atoms with E-state index >= 15 is 0 Å². The summed E-state index contributed by atoms with van der Waals surface area (Å²) in [4.78, 5) is 34.6. The van der Waals surface area contributed by atoms with Gasteiger partial charge in [0.2, 0.25) is 5.91 Å². The molecule has 20 heavy (non-hydrogen) atoms. The number of nitrogens with one attached hydrogen (secondary N) is 2. The Morgan fingerprint density at radius 1 is 1.10 bits per heavy atom. The summed E-state index contributed by atoms with van der Waals surface area (Å²) in [5.74, 6) is -1.30. The van der Waals surface area contributed by atoms with Crippen LogP contribution >= 0.6 is 0 Å². The third-order valence-electron chi connectivity index (χ3n) is 2.38. The lowest BCUT2D eigenvalue weighted by Gasteiger charge is -2.21. The number of nitrogens with zero attached hydrogens (tertiary/aromatic N) is 1. The molecule has 1 aromatic carbocycles. The molecule has 108 valence electrons. The van der Waals surface area contributed by atoms with Crippen LogP contribution in [0.15, 0.2) is 30.3 Å². The Bertz CT molecular complexity index is 476. The van der Waals surface area contributed by atoms with Gasteiger partial charge in [-0.2, -0.15) is 0 Å². The second kappa shape index (κ2) is 7.78. The van der Waals surface area contributed by atoms with Crippen LogP contribution < -0.4 is 15.5 Å². The first-order valence-corrected chi connectivity index (χ1v) is 6.07. The fourth-order valence-corrected chi connectivity index (χ4v) is 1.53. The first-order chi connectivity index (χ1) is 9.50. The zero-order chi connectivity index (χ0) is 15.0. The van der Waals surface area contributed by atoms with E-state index in [0.717, 1.165) is 4.90 Å². The number of para-hydroxylation sites is 1. The second-order valence-electron chi connectivity index (χ2n) is 4.03. The first-order valence-electron chi connectivity index (χ1n) is 6.07. The minimum Gasteiger partial charge on any atom is -0.480 e. The van der Waals surface area contributed by atoms with Crippen LogP contribution in [0.25, 0.3) is 0 Å². The van der Waals surface area contributed by atoms with Gasteiger partial charge in [0.25, 0.3) is 0 Å². The quantitative estimate of drug-likeness (QED) is 0.657. The van der Waals surface area contributed by atoms with Gasteiger partial charge in [0, 0.05) is 25.7 Å². The summed E-state index contributed by atoms with van der Waals surface area (Å²) in [5.41, 5.74) is 0.493.